The molecule has 1 aliphatic heterocycles. The van der Waals surface area contributed by atoms with Crippen LogP contribution in [0.2, 0.25) is 0 Å². The molecule has 5 nitrogen and oxygen atoms in total. The minimum absolute atomic E-state index is 0.180. The van der Waals surface area contributed by atoms with E-state index in [1.165, 1.54) is 0 Å². The van der Waals surface area contributed by atoms with E-state index in [0.717, 1.165) is 11.1 Å². The molecule has 0 aromatic heterocycles. The predicted octanol–water partition coefficient (Wildman–Crippen LogP) is 3.73. The maximum atomic E-state index is 13.3. The second kappa shape index (κ2) is 9.02. The van der Waals surface area contributed by atoms with Gasteiger partial charge in [-0.25, -0.2) is 0 Å². The lowest BCUT2D eigenvalue weighted by Gasteiger charge is -2.34. The van der Waals surface area contributed by atoms with Gasteiger partial charge >= 0.3 is 11.9 Å². The first-order chi connectivity index (χ1) is 13.6. The number of rotatable bonds is 7. The molecule has 0 amide bonds. The van der Waals surface area contributed by atoms with Gasteiger partial charge < -0.3 is 14.2 Å². The molecule has 1 heterocycles. The molecular formula is C23H26O5. The Morgan fingerprint density at radius 2 is 1.46 bits per heavy atom. The van der Waals surface area contributed by atoms with Crippen LogP contribution in [0.4, 0.5) is 0 Å². The lowest BCUT2D eigenvalue weighted by atomic mass is 9.69. The van der Waals surface area contributed by atoms with E-state index in [2.05, 4.69) is 0 Å². The number of hydrogen-bond donors (Lipinski definition) is 0. The van der Waals surface area contributed by atoms with Crippen molar-refractivity contribution in [2.75, 3.05) is 19.8 Å². The molecule has 0 N–H and O–H groups in total. The summed E-state index contributed by atoms with van der Waals surface area (Å²) in [4.78, 5) is 26.5. The van der Waals surface area contributed by atoms with E-state index < -0.39 is 29.4 Å². The van der Waals surface area contributed by atoms with Crippen LogP contribution >= 0.6 is 0 Å². The van der Waals surface area contributed by atoms with Crippen LogP contribution in [0.15, 0.2) is 60.7 Å². The molecule has 1 aliphatic rings. The van der Waals surface area contributed by atoms with Gasteiger partial charge in [0.25, 0.3) is 0 Å². The van der Waals surface area contributed by atoms with Crippen molar-refractivity contribution in [1.29, 1.82) is 0 Å². The summed E-state index contributed by atoms with van der Waals surface area (Å²) >= 11 is 0. The number of carbonyl (C=O) groups excluding carboxylic acids is 2. The fourth-order valence-electron chi connectivity index (χ4n) is 3.93. The molecule has 2 atom stereocenters. The standard InChI is InChI=1S/C23H26O5/c1-3-26-21(24)23(22(25)27-4-2)19(15-17-11-7-5-8-12-17)16-28-20(23)18-13-9-6-10-14-18/h5-14,19-20H,3-4,15-16H2,1-2H3/t19-,20+/m1/s1. The van der Waals surface area contributed by atoms with Gasteiger partial charge in [0.05, 0.1) is 19.8 Å². The van der Waals surface area contributed by atoms with Gasteiger partial charge in [-0.05, 0) is 31.4 Å². The zero-order valence-electron chi connectivity index (χ0n) is 16.3. The Bertz CT molecular complexity index is 769. The molecule has 0 unspecified atom stereocenters. The van der Waals surface area contributed by atoms with E-state index in [1.54, 1.807) is 13.8 Å². The number of ether oxygens (including phenoxy) is 3. The van der Waals surface area contributed by atoms with Crippen molar-refractivity contribution in [3.63, 3.8) is 0 Å². The number of esters is 2. The zero-order chi connectivity index (χ0) is 20.0. The van der Waals surface area contributed by atoms with E-state index in [4.69, 9.17) is 14.2 Å². The average Bonchev–Trinajstić information content (AvgIpc) is 3.10. The molecule has 0 spiro atoms. The Morgan fingerprint density at radius 3 is 2.00 bits per heavy atom. The van der Waals surface area contributed by atoms with Crippen molar-refractivity contribution in [2.24, 2.45) is 11.3 Å². The SMILES string of the molecule is CCOC(=O)C1(C(=O)OCC)[C@H](Cc2ccccc2)CO[C@H]1c1ccccc1. The third-order valence-corrected chi connectivity index (χ3v) is 5.18. The quantitative estimate of drug-likeness (QED) is 0.539. The number of benzene rings is 2. The highest BCUT2D eigenvalue weighted by Crippen LogP contribution is 2.52. The highest BCUT2D eigenvalue weighted by atomic mass is 16.6. The lowest BCUT2D eigenvalue weighted by Crippen LogP contribution is -2.49. The average molecular weight is 382 g/mol. The predicted molar refractivity (Wildman–Crippen MR) is 104 cm³/mol. The first-order valence-corrected chi connectivity index (χ1v) is 9.69. The van der Waals surface area contributed by atoms with E-state index in [1.807, 2.05) is 60.7 Å². The molecule has 2 aromatic rings. The highest BCUT2D eigenvalue weighted by Gasteiger charge is 2.64. The van der Waals surface area contributed by atoms with Gasteiger partial charge in [0.2, 0.25) is 0 Å². The van der Waals surface area contributed by atoms with Crippen LogP contribution < -0.4 is 0 Å². The molecule has 0 saturated carbocycles. The second-order valence-corrected chi connectivity index (χ2v) is 6.82. The maximum absolute atomic E-state index is 13.3. The zero-order valence-corrected chi connectivity index (χ0v) is 16.3. The summed E-state index contributed by atoms with van der Waals surface area (Å²) in [5.74, 6) is -1.56. The fraction of sp³-hybridized carbons (Fsp3) is 0.391. The van der Waals surface area contributed by atoms with Crippen LogP contribution in [0.1, 0.15) is 31.1 Å². The van der Waals surface area contributed by atoms with E-state index in [-0.39, 0.29) is 19.8 Å². The summed E-state index contributed by atoms with van der Waals surface area (Å²) in [7, 11) is 0. The summed E-state index contributed by atoms with van der Waals surface area (Å²) in [6.07, 6.45) is -0.234. The van der Waals surface area contributed by atoms with Crippen LogP contribution in [-0.4, -0.2) is 31.8 Å². The molecule has 28 heavy (non-hydrogen) atoms. The normalized spacial score (nSPS) is 20.5. The molecule has 0 aliphatic carbocycles. The van der Waals surface area contributed by atoms with Gasteiger partial charge in [0, 0.05) is 5.92 Å². The maximum Gasteiger partial charge on any atom is 0.326 e. The Labute approximate surface area is 165 Å². The summed E-state index contributed by atoms with van der Waals surface area (Å²) in [5.41, 5.74) is 0.255. The van der Waals surface area contributed by atoms with Gasteiger partial charge in [-0.3, -0.25) is 9.59 Å². The van der Waals surface area contributed by atoms with E-state index in [9.17, 15) is 9.59 Å². The van der Waals surface area contributed by atoms with Crippen LogP contribution in [0, 0.1) is 11.3 Å². The molecule has 3 rings (SSSR count). The van der Waals surface area contributed by atoms with Gasteiger partial charge in [0.1, 0.15) is 6.10 Å². The highest BCUT2D eigenvalue weighted by molar-refractivity contribution is 6.02. The van der Waals surface area contributed by atoms with Crippen molar-refractivity contribution in [3.8, 4) is 0 Å². The van der Waals surface area contributed by atoms with Crippen LogP contribution in [-0.2, 0) is 30.2 Å². The number of carbonyl (C=O) groups is 2. The van der Waals surface area contributed by atoms with Crippen LogP contribution in [0.25, 0.3) is 0 Å². The molecule has 148 valence electrons. The largest absolute Gasteiger partial charge is 0.465 e. The van der Waals surface area contributed by atoms with Crippen molar-refractivity contribution in [2.45, 2.75) is 26.4 Å². The van der Waals surface area contributed by atoms with Crippen LogP contribution in [0.5, 0.6) is 0 Å². The molecule has 1 fully saturated rings. The summed E-state index contributed by atoms with van der Waals surface area (Å²) < 4.78 is 16.9. The molecule has 2 aromatic carbocycles. The van der Waals surface area contributed by atoms with Gasteiger partial charge in [-0.1, -0.05) is 60.7 Å². The van der Waals surface area contributed by atoms with E-state index in [0.29, 0.717) is 6.42 Å². The lowest BCUT2D eigenvalue weighted by molar-refractivity contribution is -0.179. The Morgan fingerprint density at radius 1 is 0.929 bits per heavy atom. The Kier molecular flexibility index (Phi) is 6.47. The first-order valence-electron chi connectivity index (χ1n) is 9.69. The van der Waals surface area contributed by atoms with Crippen molar-refractivity contribution in [3.05, 3.63) is 71.8 Å². The van der Waals surface area contributed by atoms with Crippen LogP contribution in [0.3, 0.4) is 0 Å². The Hall–Kier alpha value is -2.66. The number of hydrogen-bond acceptors (Lipinski definition) is 5. The topological polar surface area (TPSA) is 61.8 Å². The molecular weight excluding hydrogens is 356 g/mol. The summed E-state index contributed by atoms with van der Waals surface area (Å²) in [6, 6.07) is 19.1. The monoisotopic (exact) mass is 382 g/mol. The van der Waals surface area contributed by atoms with E-state index >= 15 is 0 Å². The van der Waals surface area contributed by atoms with Crippen molar-refractivity contribution >= 4 is 11.9 Å². The minimum atomic E-state index is -1.54. The third-order valence-electron chi connectivity index (χ3n) is 5.18. The molecule has 0 bridgehead atoms. The third kappa shape index (κ3) is 3.67. The van der Waals surface area contributed by atoms with Crippen molar-refractivity contribution in [1.82, 2.24) is 0 Å². The molecule has 5 heteroatoms. The van der Waals surface area contributed by atoms with Crippen molar-refractivity contribution < 1.29 is 23.8 Å². The summed E-state index contributed by atoms with van der Waals surface area (Å²) in [5, 5.41) is 0. The van der Waals surface area contributed by atoms with Gasteiger partial charge in [-0.2, -0.15) is 0 Å². The first kappa shape index (κ1) is 20.1. The molecule has 0 radical (unpaired) electrons. The van der Waals surface area contributed by atoms with Gasteiger partial charge in [0.15, 0.2) is 5.41 Å². The van der Waals surface area contributed by atoms with Gasteiger partial charge in [-0.15, -0.1) is 0 Å². The summed E-state index contributed by atoms with van der Waals surface area (Å²) in [6.45, 7) is 4.10. The fourth-order valence-corrected chi connectivity index (χ4v) is 3.93. The second-order valence-electron chi connectivity index (χ2n) is 6.82. The smallest absolute Gasteiger partial charge is 0.326 e. The molecule has 1 saturated heterocycles. The Balaban J connectivity index is 2.09. The minimum Gasteiger partial charge on any atom is -0.465 e.